The van der Waals surface area contributed by atoms with Crippen molar-refractivity contribution in [2.24, 2.45) is 0 Å². The van der Waals surface area contributed by atoms with E-state index in [0.717, 1.165) is 6.42 Å². The summed E-state index contributed by atoms with van der Waals surface area (Å²) >= 11 is 3.01. The van der Waals surface area contributed by atoms with Crippen LogP contribution in [0.3, 0.4) is 0 Å². The van der Waals surface area contributed by atoms with E-state index < -0.39 is 10.0 Å². The molecule has 0 heterocycles. The van der Waals surface area contributed by atoms with E-state index in [-0.39, 0.29) is 5.75 Å². The molecule has 0 N–H and O–H groups in total. The summed E-state index contributed by atoms with van der Waals surface area (Å²) in [5.74, 6) is 0.220. The maximum absolute atomic E-state index is 11.2. The minimum Gasteiger partial charge on any atom is -0.211 e. The van der Waals surface area contributed by atoms with E-state index in [1.807, 2.05) is 13.8 Å². The smallest absolute Gasteiger partial charge is 0.211 e. The highest BCUT2D eigenvalue weighted by Gasteiger charge is 2.16. The molecule has 0 atom stereocenters. The second-order valence-corrected chi connectivity index (χ2v) is 5.67. The van der Waals surface area contributed by atoms with Gasteiger partial charge in [0.2, 0.25) is 10.0 Å². The molecule has 0 aliphatic rings. The molecule has 0 aromatic carbocycles. The van der Waals surface area contributed by atoms with Gasteiger partial charge in [0.25, 0.3) is 0 Å². The number of hydrogen-bond donors (Lipinski definition) is 0. The predicted octanol–water partition coefficient (Wildman–Crippen LogP) is 1.75. The van der Waals surface area contributed by atoms with Crippen molar-refractivity contribution < 1.29 is 8.42 Å². The molecule has 11 heavy (non-hydrogen) atoms. The van der Waals surface area contributed by atoms with Crippen LogP contribution in [-0.2, 0) is 10.0 Å². The molecule has 0 bridgehead atoms. The molecule has 5 heteroatoms. The lowest BCUT2D eigenvalue weighted by atomic mass is 10.5. The highest BCUT2D eigenvalue weighted by Crippen LogP contribution is 2.09. The van der Waals surface area contributed by atoms with E-state index in [2.05, 4.69) is 16.1 Å². The quantitative estimate of drug-likeness (QED) is 0.691. The topological polar surface area (TPSA) is 37.4 Å². The third-order valence-corrected chi connectivity index (χ3v) is 4.55. The van der Waals surface area contributed by atoms with Gasteiger partial charge >= 0.3 is 0 Å². The summed E-state index contributed by atoms with van der Waals surface area (Å²) in [7, 11) is -3.02. The first kappa shape index (κ1) is 11.4. The Labute approximate surface area is 77.2 Å². The van der Waals surface area contributed by atoms with Crippen LogP contribution >= 0.6 is 16.1 Å². The van der Waals surface area contributed by atoms with Crippen LogP contribution in [-0.4, -0.2) is 24.0 Å². The fourth-order valence-corrected chi connectivity index (χ4v) is 2.64. The molecule has 0 aliphatic carbocycles. The Balaban J connectivity index is 4.07. The van der Waals surface area contributed by atoms with Gasteiger partial charge in [-0.1, -0.05) is 13.8 Å². The van der Waals surface area contributed by atoms with Crippen LogP contribution in [0.1, 0.15) is 26.7 Å². The zero-order chi connectivity index (χ0) is 8.91. The fourth-order valence-electron chi connectivity index (χ4n) is 0.672. The van der Waals surface area contributed by atoms with Crippen LogP contribution in [0.2, 0.25) is 0 Å². The Hall–Kier alpha value is 0.390. The maximum Gasteiger partial charge on any atom is 0.223 e. The Morgan fingerprint density at radius 1 is 1.27 bits per heavy atom. The second-order valence-electron chi connectivity index (χ2n) is 2.33. The summed E-state index contributed by atoms with van der Waals surface area (Å²) < 4.78 is 23.6. The Bertz CT molecular complexity index is 191. The van der Waals surface area contributed by atoms with E-state index in [1.54, 1.807) is 0 Å². The van der Waals surface area contributed by atoms with E-state index in [1.165, 1.54) is 3.33 Å². The number of nitrogens with zero attached hydrogens (tertiary/aromatic N) is 1. The molecule has 0 aliphatic heterocycles. The summed E-state index contributed by atoms with van der Waals surface area (Å²) in [5, 5.41) is 0. The molecule has 0 aromatic rings. The molecule has 0 unspecified atom stereocenters. The summed E-state index contributed by atoms with van der Waals surface area (Å²) in [6, 6.07) is 0. The van der Waals surface area contributed by atoms with E-state index in [4.69, 9.17) is 0 Å². The molecule has 0 spiro atoms. The highest BCUT2D eigenvalue weighted by atomic mass is 79.9. The molecule has 0 radical (unpaired) electrons. The zero-order valence-electron chi connectivity index (χ0n) is 6.88. The minimum absolute atomic E-state index is 0.220. The molecule has 68 valence electrons. The van der Waals surface area contributed by atoms with Crippen LogP contribution in [0.15, 0.2) is 0 Å². The monoisotopic (exact) mass is 243 g/mol. The van der Waals surface area contributed by atoms with Crippen molar-refractivity contribution in [1.82, 2.24) is 3.33 Å². The zero-order valence-corrected chi connectivity index (χ0v) is 9.28. The Morgan fingerprint density at radius 2 is 1.82 bits per heavy atom. The summed E-state index contributed by atoms with van der Waals surface area (Å²) in [6.45, 7) is 4.34. The third kappa shape index (κ3) is 4.08. The molecule has 3 nitrogen and oxygen atoms in total. The van der Waals surface area contributed by atoms with Crippen molar-refractivity contribution in [2.75, 3.05) is 12.3 Å². The predicted molar refractivity (Wildman–Crippen MR) is 50.0 cm³/mol. The van der Waals surface area contributed by atoms with E-state index in [0.29, 0.717) is 13.0 Å². The Kier molecular flexibility index (Phi) is 5.29. The molecular formula is C6H14BrNO2S. The average molecular weight is 244 g/mol. The van der Waals surface area contributed by atoms with E-state index in [9.17, 15) is 8.42 Å². The van der Waals surface area contributed by atoms with Gasteiger partial charge in [-0.15, -0.1) is 3.33 Å². The lowest BCUT2D eigenvalue weighted by molar-refractivity contribution is 0.543. The first-order valence-electron chi connectivity index (χ1n) is 3.70. The lowest BCUT2D eigenvalue weighted by Crippen LogP contribution is -2.24. The number of rotatable bonds is 5. The van der Waals surface area contributed by atoms with Crippen molar-refractivity contribution in [3.63, 3.8) is 0 Å². The van der Waals surface area contributed by atoms with Gasteiger partial charge in [-0.3, -0.25) is 0 Å². The van der Waals surface area contributed by atoms with Crippen LogP contribution < -0.4 is 0 Å². The molecule has 0 fully saturated rings. The van der Waals surface area contributed by atoms with Gasteiger partial charge in [-0.2, -0.15) is 0 Å². The van der Waals surface area contributed by atoms with Gasteiger partial charge in [0.15, 0.2) is 0 Å². The van der Waals surface area contributed by atoms with Crippen molar-refractivity contribution in [1.29, 1.82) is 0 Å². The first-order chi connectivity index (χ1) is 5.04. The fraction of sp³-hybridized carbons (Fsp3) is 1.00. The SMILES string of the molecule is CCCN(Br)S(=O)(=O)CCC. The first-order valence-corrected chi connectivity index (χ1v) is 6.02. The number of hydrogen-bond acceptors (Lipinski definition) is 2. The second kappa shape index (κ2) is 5.11. The standard InChI is InChI=1S/C6H14BrNO2S/c1-3-5-8(7)11(9,10)6-4-2/h3-6H2,1-2H3. The normalized spacial score (nSPS) is 12.4. The average Bonchev–Trinajstić information content (AvgIpc) is 1.88. The van der Waals surface area contributed by atoms with Gasteiger partial charge in [0, 0.05) is 22.7 Å². The van der Waals surface area contributed by atoms with Crippen LogP contribution in [0.25, 0.3) is 0 Å². The lowest BCUT2D eigenvalue weighted by Gasteiger charge is -2.12. The van der Waals surface area contributed by atoms with Gasteiger partial charge in [-0.25, -0.2) is 8.42 Å². The molecular weight excluding hydrogens is 230 g/mol. The summed E-state index contributed by atoms with van der Waals surface area (Å²) in [4.78, 5) is 0. The van der Waals surface area contributed by atoms with Crippen LogP contribution in [0, 0.1) is 0 Å². The molecule has 0 amide bonds. The number of sulfonamides is 1. The maximum atomic E-state index is 11.2. The van der Waals surface area contributed by atoms with Crippen LogP contribution in [0.5, 0.6) is 0 Å². The van der Waals surface area contributed by atoms with Crippen molar-refractivity contribution in [2.45, 2.75) is 26.7 Å². The van der Waals surface area contributed by atoms with Crippen molar-refractivity contribution in [3.8, 4) is 0 Å². The van der Waals surface area contributed by atoms with Crippen LogP contribution in [0.4, 0.5) is 0 Å². The van der Waals surface area contributed by atoms with Gasteiger partial charge in [0.05, 0.1) is 5.75 Å². The summed E-state index contributed by atoms with van der Waals surface area (Å²) in [6.07, 6.45) is 1.49. The number of halogens is 1. The molecule has 0 aromatic heterocycles. The van der Waals surface area contributed by atoms with Gasteiger partial charge in [-0.05, 0) is 12.8 Å². The summed E-state index contributed by atoms with van der Waals surface area (Å²) in [5.41, 5.74) is 0. The third-order valence-electron chi connectivity index (χ3n) is 1.16. The van der Waals surface area contributed by atoms with E-state index >= 15 is 0 Å². The molecule has 0 saturated heterocycles. The van der Waals surface area contributed by atoms with Crippen molar-refractivity contribution >= 4 is 26.2 Å². The molecule has 0 saturated carbocycles. The Morgan fingerprint density at radius 3 is 2.18 bits per heavy atom. The van der Waals surface area contributed by atoms with Gasteiger partial charge < -0.3 is 0 Å². The largest absolute Gasteiger partial charge is 0.223 e. The van der Waals surface area contributed by atoms with Gasteiger partial charge in [0.1, 0.15) is 0 Å². The molecule has 0 rings (SSSR count). The highest BCUT2D eigenvalue weighted by molar-refractivity contribution is 9.08. The minimum atomic E-state index is -3.02. The van der Waals surface area contributed by atoms with Crippen molar-refractivity contribution in [3.05, 3.63) is 0 Å².